The number of ether oxygens (including phenoxy) is 1. The molecule has 5 N–H and O–H groups in total. The molecule has 3 saturated carbocycles. The molecule has 0 saturated heterocycles. The number of carbonyl (C=O) groups excluding carboxylic acids is 3. The maximum atomic E-state index is 12.6. The summed E-state index contributed by atoms with van der Waals surface area (Å²) in [6.45, 7) is 7.14. The maximum Gasteiger partial charge on any atom is 0.338 e. The fourth-order valence-electron chi connectivity index (χ4n) is 8.09. The van der Waals surface area contributed by atoms with Crippen LogP contribution in [0.3, 0.4) is 0 Å². The minimum absolute atomic E-state index is 0.0567. The van der Waals surface area contributed by atoms with E-state index in [2.05, 4.69) is 0 Å². The standard InChI is InChI=1S/C22H29ClO5.C9H11NO2/c1-12-8-16-15-5-4-13-9-14(25)6-7-19(13,2)21(15,23)17(26)10-20(16,3)22(12,28)18(27)11-24;1-2-12-9(11)7-3-5-8(10)6-4-7/h6-7,9,12,15-17,24,26,28H,4-5,8,10-11H2,1-3H3;3-6H,2,10H2,1H3/t12-,15-,16-,17-,19-,20-,21-,22-;/m0./s1. The number of nitrogen functional groups attached to an aromatic ring is 1. The van der Waals surface area contributed by atoms with Crippen LogP contribution < -0.4 is 5.73 Å². The molecule has 8 nitrogen and oxygen atoms in total. The normalized spacial score (nSPS) is 39.6. The van der Waals surface area contributed by atoms with E-state index in [1.165, 1.54) is 6.08 Å². The highest BCUT2D eigenvalue weighted by Crippen LogP contribution is 2.71. The second kappa shape index (κ2) is 10.7. The van der Waals surface area contributed by atoms with Crippen LogP contribution >= 0.6 is 11.6 Å². The zero-order chi connectivity index (χ0) is 29.7. The third-order valence-corrected chi connectivity index (χ3v) is 11.1. The molecule has 1 aromatic rings. The SMILES string of the molecule is CCOC(=O)c1ccc(N)cc1.C[C@H]1C[C@H]2[C@@H]3CCC4=CC(=O)C=C[C@]4(C)[C@@]3(Cl)[C@@H](O)C[C@]2(C)[C@@]1(O)C(=O)CO. The van der Waals surface area contributed by atoms with Gasteiger partial charge in [0, 0.05) is 16.5 Å². The molecule has 0 spiro atoms. The van der Waals surface area contributed by atoms with E-state index in [0.717, 1.165) is 5.57 Å². The Morgan fingerprint density at radius 1 is 1.18 bits per heavy atom. The van der Waals surface area contributed by atoms with Gasteiger partial charge in [-0.25, -0.2) is 4.79 Å². The molecule has 3 fully saturated rings. The van der Waals surface area contributed by atoms with Crippen molar-refractivity contribution in [1.29, 1.82) is 0 Å². The van der Waals surface area contributed by atoms with Crippen molar-refractivity contribution < 1.29 is 34.4 Å². The fraction of sp³-hybridized carbons (Fsp3) is 0.581. The number of hydrogen-bond acceptors (Lipinski definition) is 8. The summed E-state index contributed by atoms with van der Waals surface area (Å²) in [7, 11) is 0. The Kier molecular flexibility index (Phi) is 8.15. The number of nitrogens with two attached hydrogens (primary N) is 1. The number of hydrogen-bond donors (Lipinski definition) is 4. The van der Waals surface area contributed by atoms with Crippen LogP contribution in [0.25, 0.3) is 0 Å². The van der Waals surface area contributed by atoms with Crippen LogP contribution in [-0.4, -0.2) is 62.6 Å². The van der Waals surface area contributed by atoms with E-state index in [0.29, 0.717) is 37.1 Å². The number of fused-ring (bicyclic) bond motifs is 5. The lowest BCUT2D eigenvalue weighted by Crippen LogP contribution is -2.69. The summed E-state index contributed by atoms with van der Waals surface area (Å²) in [6, 6.07) is 6.64. The van der Waals surface area contributed by atoms with Crippen LogP contribution in [0.2, 0.25) is 0 Å². The average molecular weight is 574 g/mol. The van der Waals surface area contributed by atoms with Gasteiger partial charge in [0.25, 0.3) is 0 Å². The second-order valence-corrected chi connectivity index (χ2v) is 12.7. The van der Waals surface area contributed by atoms with E-state index < -0.39 is 39.8 Å². The molecule has 0 bridgehead atoms. The van der Waals surface area contributed by atoms with Crippen molar-refractivity contribution in [2.24, 2.45) is 28.6 Å². The Hall–Kier alpha value is -2.52. The number of aliphatic hydroxyl groups is 3. The molecule has 8 atom stereocenters. The summed E-state index contributed by atoms with van der Waals surface area (Å²) >= 11 is 7.30. The summed E-state index contributed by atoms with van der Waals surface area (Å²) in [5.74, 6) is -1.46. The van der Waals surface area contributed by atoms with Gasteiger partial charge in [-0.3, -0.25) is 9.59 Å². The third kappa shape index (κ3) is 4.35. The summed E-state index contributed by atoms with van der Waals surface area (Å²) < 4.78 is 4.79. The minimum Gasteiger partial charge on any atom is -0.462 e. The Labute approximate surface area is 240 Å². The number of alkyl halides is 1. The quantitative estimate of drug-likeness (QED) is 0.243. The molecule has 4 aliphatic rings. The Bertz CT molecular complexity index is 1240. The highest BCUT2D eigenvalue weighted by Gasteiger charge is 2.74. The summed E-state index contributed by atoms with van der Waals surface area (Å²) in [5.41, 5.74) is 4.37. The van der Waals surface area contributed by atoms with Crippen LogP contribution in [0.5, 0.6) is 0 Å². The maximum absolute atomic E-state index is 12.6. The highest BCUT2D eigenvalue weighted by atomic mass is 35.5. The van der Waals surface area contributed by atoms with Gasteiger partial charge in [-0.05, 0) is 86.8 Å². The largest absolute Gasteiger partial charge is 0.462 e. The second-order valence-electron chi connectivity index (χ2n) is 12.1. The van der Waals surface area contributed by atoms with Gasteiger partial charge in [0.15, 0.2) is 11.6 Å². The van der Waals surface area contributed by atoms with Crippen molar-refractivity contribution in [3.05, 3.63) is 53.6 Å². The fourth-order valence-corrected chi connectivity index (χ4v) is 8.62. The van der Waals surface area contributed by atoms with Crippen molar-refractivity contribution >= 4 is 34.8 Å². The average Bonchev–Trinajstić information content (AvgIpc) is 3.11. The molecular formula is C31H40ClNO7. The molecular weight excluding hydrogens is 534 g/mol. The summed E-state index contributed by atoms with van der Waals surface area (Å²) in [4.78, 5) is 34.6. The van der Waals surface area contributed by atoms with Gasteiger partial charge < -0.3 is 25.8 Å². The Balaban J connectivity index is 0.000000259. The number of carbonyl (C=O) groups is 3. The van der Waals surface area contributed by atoms with E-state index in [1.54, 1.807) is 37.3 Å². The van der Waals surface area contributed by atoms with E-state index in [-0.39, 0.29) is 35.9 Å². The molecule has 5 rings (SSSR count). The molecule has 0 unspecified atom stereocenters. The first-order valence-corrected chi connectivity index (χ1v) is 14.3. The number of benzene rings is 1. The number of Topliss-reactive ketones (excluding diaryl/α,β-unsaturated/α-hetero) is 1. The smallest absolute Gasteiger partial charge is 0.338 e. The molecule has 1 aromatic carbocycles. The third-order valence-electron chi connectivity index (χ3n) is 10.2. The van der Waals surface area contributed by atoms with Gasteiger partial charge in [0.1, 0.15) is 12.2 Å². The first-order chi connectivity index (χ1) is 18.7. The number of anilines is 1. The van der Waals surface area contributed by atoms with Crippen LogP contribution in [0.1, 0.15) is 63.7 Å². The van der Waals surface area contributed by atoms with E-state index in [1.807, 2.05) is 26.8 Å². The number of ketones is 2. The minimum atomic E-state index is -1.68. The van der Waals surface area contributed by atoms with Gasteiger partial charge in [-0.1, -0.05) is 32.4 Å². The van der Waals surface area contributed by atoms with Gasteiger partial charge in [0.2, 0.25) is 0 Å². The van der Waals surface area contributed by atoms with Crippen LogP contribution in [0.4, 0.5) is 5.69 Å². The van der Waals surface area contributed by atoms with Crippen molar-refractivity contribution in [3.63, 3.8) is 0 Å². The molecule has 4 aliphatic carbocycles. The monoisotopic (exact) mass is 573 g/mol. The molecule has 218 valence electrons. The number of halogens is 1. The van der Waals surface area contributed by atoms with Crippen molar-refractivity contribution in [1.82, 2.24) is 0 Å². The van der Waals surface area contributed by atoms with E-state index in [4.69, 9.17) is 22.1 Å². The van der Waals surface area contributed by atoms with Crippen LogP contribution in [0.15, 0.2) is 48.1 Å². The van der Waals surface area contributed by atoms with Crippen LogP contribution in [0, 0.1) is 28.6 Å². The van der Waals surface area contributed by atoms with Crippen molar-refractivity contribution in [3.8, 4) is 0 Å². The van der Waals surface area contributed by atoms with Crippen molar-refractivity contribution in [2.75, 3.05) is 18.9 Å². The lowest BCUT2D eigenvalue weighted by molar-refractivity contribution is -0.179. The predicted molar refractivity (Wildman–Crippen MR) is 152 cm³/mol. The number of aliphatic hydroxyl groups excluding tert-OH is 2. The first-order valence-electron chi connectivity index (χ1n) is 13.9. The van der Waals surface area contributed by atoms with Gasteiger partial charge in [0.05, 0.1) is 23.1 Å². The lowest BCUT2D eigenvalue weighted by Gasteiger charge is -2.63. The number of esters is 1. The first kappa shape index (κ1) is 30.4. The van der Waals surface area contributed by atoms with Crippen molar-refractivity contribution in [2.45, 2.75) is 70.0 Å². The number of allylic oxidation sites excluding steroid dienone is 4. The summed E-state index contributed by atoms with van der Waals surface area (Å²) in [5, 5.41) is 32.3. The van der Waals surface area contributed by atoms with Gasteiger partial charge in [-0.15, -0.1) is 11.6 Å². The topological polar surface area (TPSA) is 147 Å². The van der Waals surface area contributed by atoms with Crippen LogP contribution in [-0.2, 0) is 14.3 Å². The molecule has 40 heavy (non-hydrogen) atoms. The molecule has 0 amide bonds. The Morgan fingerprint density at radius 2 is 1.82 bits per heavy atom. The Morgan fingerprint density at radius 3 is 2.42 bits per heavy atom. The van der Waals surface area contributed by atoms with E-state index >= 15 is 0 Å². The lowest BCUT2D eigenvalue weighted by atomic mass is 9.45. The van der Waals surface area contributed by atoms with Gasteiger partial charge >= 0.3 is 5.97 Å². The molecule has 9 heteroatoms. The predicted octanol–water partition coefficient (Wildman–Crippen LogP) is 3.61. The zero-order valence-electron chi connectivity index (χ0n) is 23.5. The van der Waals surface area contributed by atoms with E-state index in [9.17, 15) is 29.7 Å². The number of rotatable bonds is 4. The summed E-state index contributed by atoms with van der Waals surface area (Å²) in [6.07, 6.45) is 6.22. The highest BCUT2D eigenvalue weighted by molar-refractivity contribution is 6.26. The molecule has 0 radical (unpaired) electrons. The van der Waals surface area contributed by atoms with Gasteiger partial charge in [-0.2, -0.15) is 0 Å². The molecule has 0 aromatic heterocycles. The molecule has 0 aliphatic heterocycles. The molecule has 0 heterocycles. The zero-order valence-corrected chi connectivity index (χ0v) is 24.3.